The number of sulfonamides is 1. The number of nitrogens with one attached hydrogen (secondary N) is 1. The molecule has 1 N–H and O–H groups in total. The first kappa shape index (κ1) is 19.8. The fourth-order valence-electron chi connectivity index (χ4n) is 2.47. The number of anilines is 1. The van der Waals surface area contributed by atoms with Gasteiger partial charge in [0.25, 0.3) is 0 Å². The van der Waals surface area contributed by atoms with Gasteiger partial charge >= 0.3 is 0 Å². The molecule has 23 heavy (non-hydrogen) atoms. The first-order chi connectivity index (χ1) is 10.6. The summed E-state index contributed by atoms with van der Waals surface area (Å²) in [5.41, 5.74) is 1.16. The smallest absolute Gasteiger partial charge is 0.243 e. The Kier molecular flexibility index (Phi) is 6.89. The van der Waals surface area contributed by atoms with Crippen molar-refractivity contribution in [1.82, 2.24) is 5.32 Å². The highest BCUT2D eigenvalue weighted by molar-refractivity contribution is 7.92. The van der Waals surface area contributed by atoms with E-state index >= 15 is 0 Å². The van der Waals surface area contributed by atoms with Gasteiger partial charge in [-0.25, -0.2) is 8.42 Å². The lowest BCUT2D eigenvalue weighted by molar-refractivity contribution is -0.122. The number of amides is 1. The van der Waals surface area contributed by atoms with E-state index in [0.717, 1.165) is 29.0 Å². The van der Waals surface area contributed by atoms with Crippen LogP contribution in [-0.4, -0.2) is 32.7 Å². The van der Waals surface area contributed by atoms with Gasteiger partial charge < -0.3 is 5.32 Å². The second-order valence-corrected chi connectivity index (χ2v) is 8.16. The molecule has 1 aromatic carbocycles. The summed E-state index contributed by atoms with van der Waals surface area (Å²) in [6.45, 7) is 7.30. The predicted molar refractivity (Wildman–Crippen MR) is 95.5 cm³/mol. The Morgan fingerprint density at radius 3 is 2.48 bits per heavy atom. The highest BCUT2D eigenvalue weighted by atomic mass is 35.5. The molecule has 1 amide bonds. The first-order valence-corrected chi connectivity index (χ1v) is 9.86. The molecule has 0 fully saturated rings. The van der Waals surface area contributed by atoms with Gasteiger partial charge in [0, 0.05) is 11.1 Å². The van der Waals surface area contributed by atoms with E-state index in [4.69, 9.17) is 11.6 Å². The number of hydrogen-bond acceptors (Lipinski definition) is 3. The summed E-state index contributed by atoms with van der Waals surface area (Å²) in [6.07, 6.45) is 2.87. The molecule has 0 saturated heterocycles. The van der Waals surface area contributed by atoms with Gasteiger partial charge in [0.1, 0.15) is 6.04 Å². The van der Waals surface area contributed by atoms with Gasteiger partial charge in [-0.15, -0.1) is 0 Å². The van der Waals surface area contributed by atoms with Crippen molar-refractivity contribution in [1.29, 1.82) is 0 Å². The van der Waals surface area contributed by atoms with Crippen LogP contribution in [-0.2, 0) is 14.8 Å². The normalized spacial score (nSPS) is 14.2. The Morgan fingerprint density at radius 2 is 1.96 bits per heavy atom. The minimum atomic E-state index is -3.64. The number of rotatable bonds is 7. The summed E-state index contributed by atoms with van der Waals surface area (Å²) in [7, 11) is -3.64. The zero-order chi connectivity index (χ0) is 17.8. The standard InChI is InChI=1S/C16H25ClN2O3S/c1-6-7-12(3)18-16(20)13(4)19(23(5,21)22)15-10-14(17)9-8-11(15)2/h8-10,12-13H,6-7H2,1-5H3,(H,18,20)/t12-,13-/m1/s1. The van der Waals surface area contributed by atoms with E-state index < -0.39 is 16.1 Å². The van der Waals surface area contributed by atoms with Crippen LogP contribution in [0.5, 0.6) is 0 Å². The number of halogens is 1. The Balaban J connectivity index is 3.17. The number of benzene rings is 1. The minimum absolute atomic E-state index is 0.00295. The van der Waals surface area contributed by atoms with Crippen LogP contribution in [0, 0.1) is 6.92 Å². The average Bonchev–Trinajstić information content (AvgIpc) is 2.41. The molecule has 0 unspecified atom stereocenters. The van der Waals surface area contributed by atoms with Crippen LogP contribution in [0.25, 0.3) is 0 Å². The van der Waals surface area contributed by atoms with Crippen LogP contribution in [0.3, 0.4) is 0 Å². The molecule has 0 aliphatic rings. The number of carbonyl (C=O) groups is 1. The van der Waals surface area contributed by atoms with Crippen molar-refractivity contribution in [3.8, 4) is 0 Å². The van der Waals surface area contributed by atoms with Crippen LogP contribution in [0.1, 0.15) is 39.2 Å². The molecule has 130 valence electrons. The Morgan fingerprint density at radius 1 is 1.35 bits per heavy atom. The van der Waals surface area contributed by atoms with Crippen LogP contribution in [0.4, 0.5) is 5.69 Å². The minimum Gasteiger partial charge on any atom is -0.352 e. The molecule has 1 rings (SSSR count). The predicted octanol–water partition coefficient (Wildman–Crippen LogP) is 3.11. The van der Waals surface area contributed by atoms with E-state index in [2.05, 4.69) is 5.32 Å². The molecule has 0 radical (unpaired) electrons. The summed E-state index contributed by atoms with van der Waals surface area (Å²) in [5.74, 6) is -0.323. The first-order valence-electron chi connectivity index (χ1n) is 7.63. The number of carbonyl (C=O) groups excluding carboxylic acids is 1. The Bertz CT molecular complexity index is 661. The fraction of sp³-hybridized carbons (Fsp3) is 0.562. The van der Waals surface area contributed by atoms with Crippen LogP contribution in [0.15, 0.2) is 18.2 Å². The third-order valence-electron chi connectivity index (χ3n) is 3.61. The van der Waals surface area contributed by atoms with Crippen LogP contribution < -0.4 is 9.62 Å². The van der Waals surface area contributed by atoms with Crippen molar-refractivity contribution < 1.29 is 13.2 Å². The molecule has 1 aromatic rings. The lowest BCUT2D eigenvalue weighted by Crippen LogP contribution is -2.50. The third-order valence-corrected chi connectivity index (χ3v) is 5.07. The molecule has 0 spiro atoms. The molecule has 0 heterocycles. The maximum absolute atomic E-state index is 12.4. The molecular weight excluding hydrogens is 336 g/mol. The third kappa shape index (κ3) is 5.39. The topological polar surface area (TPSA) is 66.5 Å². The molecule has 0 bridgehead atoms. The number of aryl methyl sites for hydroxylation is 1. The molecule has 0 aliphatic heterocycles. The van der Waals surface area contributed by atoms with E-state index in [9.17, 15) is 13.2 Å². The highest BCUT2D eigenvalue weighted by Crippen LogP contribution is 2.28. The van der Waals surface area contributed by atoms with Crippen molar-refractivity contribution in [3.05, 3.63) is 28.8 Å². The monoisotopic (exact) mass is 360 g/mol. The van der Waals surface area contributed by atoms with Gasteiger partial charge in [-0.2, -0.15) is 0 Å². The second-order valence-electron chi connectivity index (χ2n) is 5.86. The van der Waals surface area contributed by atoms with Gasteiger partial charge in [-0.05, 0) is 44.9 Å². The largest absolute Gasteiger partial charge is 0.352 e. The van der Waals surface area contributed by atoms with E-state index in [1.807, 2.05) is 13.8 Å². The van der Waals surface area contributed by atoms with E-state index in [1.54, 1.807) is 32.0 Å². The molecule has 5 nitrogen and oxygen atoms in total. The lowest BCUT2D eigenvalue weighted by Gasteiger charge is -2.30. The fourth-order valence-corrected chi connectivity index (χ4v) is 3.86. The van der Waals surface area contributed by atoms with E-state index in [-0.39, 0.29) is 11.9 Å². The Labute approximate surface area is 144 Å². The van der Waals surface area contributed by atoms with Gasteiger partial charge in [0.15, 0.2) is 0 Å². The van der Waals surface area contributed by atoms with Crippen molar-refractivity contribution >= 4 is 33.2 Å². The van der Waals surface area contributed by atoms with Crippen molar-refractivity contribution in [3.63, 3.8) is 0 Å². The average molecular weight is 361 g/mol. The molecule has 0 aromatic heterocycles. The molecule has 2 atom stereocenters. The summed E-state index contributed by atoms with van der Waals surface area (Å²) in [5, 5.41) is 3.28. The zero-order valence-corrected chi connectivity index (χ0v) is 15.8. The Hall–Kier alpha value is -1.27. The lowest BCUT2D eigenvalue weighted by atomic mass is 10.1. The van der Waals surface area contributed by atoms with Crippen LogP contribution >= 0.6 is 11.6 Å². The molecule has 0 aliphatic carbocycles. The maximum atomic E-state index is 12.4. The van der Waals surface area contributed by atoms with E-state index in [1.165, 1.54) is 0 Å². The maximum Gasteiger partial charge on any atom is 0.243 e. The van der Waals surface area contributed by atoms with Crippen molar-refractivity contribution in [2.24, 2.45) is 0 Å². The molecule has 7 heteroatoms. The SMILES string of the molecule is CCC[C@@H](C)NC(=O)[C@@H](C)N(c1cc(Cl)ccc1C)S(C)(=O)=O. The van der Waals surface area contributed by atoms with Gasteiger partial charge in [0.2, 0.25) is 15.9 Å². The van der Waals surface area contributed by atoms with Gasteiger partial charge in [-0.3, -0.25) is 9.10 Å². The summed E-state index contributed by atoms with van der Waals surface area (Å²) < 4.78 is 25.6. The molecule has 0 saturated carbocycles. The number of hydrogen-bond donors (Lipinski definition) is 1. The summed E-state index contributed by atoms with van der Waals surface area (Å²) in [4.78, 5) is 12.4. The zero-order valence-electron chi connectivity index (χ0n) is 14.3. The van der Waals surface area contributed by atoms with Crippen molar-refractivity contribution in [2.45, 2.75) is 52.6 Å². The summed E-state index contributed by atoms with van der Waals surface area (Å²) in [6, 6.07) is 4.13. The molecular formula is C16H25ClN2O3S. The van der Waals surface area contributed by atoms with Gasteiger partial charge in [0.05, 0.1) is 11.9 Å². The van der Waals surface area contributed by atoms with E-state index in [0.29, 0.717) is 10.7 Å². The van der Waals surface area contributed by atoms with Crippen molar-refractivity contribution in [2.75, 3.05) is 10.6 Å². The highest BCUT2D eigenvalue weighted by Gasteiger charge is 2.30. The summed E-state index contributed by atoms with van der Waals surface area (Å²) >= 11 is 6.00. The quantitative estimate of drug-likeness (QED) is 0.812. The number of nitrogens with zero attached hydrogens (tertiary/aromatic N) is 1. The second kappa shape index (κ2) is 8.02. The van der Waals surface area contributed by atoms with Gasteiger partial charge in [-0.1, -0.05) is 31.0 Å². The van der Waals surface area contributed by atoms with Crippen LogP contribution in [0.2, 0.25) is 5.02 Å².